The van der Waals surface area contributed by atoms with Crippen LogP contribution in [0.25, 0.3) is 0 Å². The van der Waals surface area contributed by atoms with Crippen molar-refractivity contribution in [2.45, 2.75) is 26.4 Å². The minimum Gasteiger partial charge on any atom is -0.452 e. The molecular formula is C21H20ClFN2O4. The van der Waals surface area contributed by atoms with Crippen LogP contribution in [-0.4, -0.2) is 30.4 Å². The van der Waals surface area contributed by atoms with E-state index < -0.39 is 29.7 Å². The molecule has 0 spiro atoms. The van der Waals surface area contributed by atoms with Crippen LogP contribution >= 0.6 is 11.6 Å². The van der Waals surface area contributed by atoms with Gasteiger partial charge in [0.15, 0.2) is 6.10 Å². The first-order chi connectivity index (χ1) is 13.7. The van der Waals surface area contributed by atoms with Gasteiger partial charge >= 0.3 is 5.97 Å². The first-order valence-electron chi connectivity index (χ1n) is 9.08. The van der Waals surface area contributed by atoms with Gasteiger partial charge in [0.05, 0.1) is 11.6 Å². The molecule has 0 aliphatic carbocycles. The number of benzene rings is 2. The molecule has 0 saturated carbocycles. The Bertz CT molecular complexity index is 948. The second-order valence-corrected chi connectivity index (χ2v) is 7.37. The SMILES string of the molecule is Cc1ccc(N2C[C@@H](C(=O)O[C@H](C)C(=O)Nc3ccc(Cl)cc3F)CC2=O)cc1. The number of nitrogens with zero attached hydrogens (tertiary/aromatic N) is 1. The van der Waals surface area contributed by atoms with Crippen molar-refractivity contribution >= 4 is 40.8 Å². The lowest BCUT2D eigenvalue weighted by molar-refractivity contribution is -0.157. The maximum absolute atomic E-state index is 13.8. The third-order valence-corrected chi connectivity index (χ3v) is 4.89. The Labute approximate surface area is 172 Å². The van der Waals surface area contributed by atoms with E-state index >= 15 is 0 Å². The van der Waals surface area contributed by atoms with Crippen LogP contribution in [0, 0.1) is 18.7 Å². The van der Waals surface area contributed by atoms with Crippen LogP contribution in [0.5, 0.6) is 0 Å². The fourth-order valence-electron chi connectivity index (χ4n) is 2.99. The zero-order valence-corrected chi connectivity index (χ0v) is 16.7. The number of carbonyl (C=O) groups excluding carboxylic acids is 3. The number of aryl methyl sites for hydroxylation is 1. The maximum Gasteiger partial charge on any atom is 0.312 e. The second kappa shape index (κ2) is 8.61. The van der Waals surface area contributed by atoms with Crippen LogP contribution in [0.1, 0.15) is 18.9 Å². The van der Waals surface area contributed by atoms with E-state index in [-0.39, 0.29) is 29.6 Å². The number of anilines is 2. The van der Waals surface area contributed by atoms with Gasteiger partial charge in [-0.15, -0.1) is 0 Å². The van der Waals surface area contributed by atoms with E-state index in [0.29, 0.717) is 5.69 Å². The molecule has 1 N–H and O–H groups in total. The summed E-state index contributed by atoms with van der Waals surface area (Å²) in [6.45, 7) is 3.51. The Hall–Kier alpha value is -2.93. The zero-order chi connectivity index (χ0) is 21.1. The highest BCUT2D eigenvalue weighted by atomic mass is 35.5. The van der Waals surface area contributed by atoms with Crippen molar-refractivity contribution in [2.24, 2.45) is 5.92 Å². The van der Waals surface area contributed by atoms with Crippen LogP contribution in [0.3, 0.4) is 0 Å². The number of hydrogen-bond donors (Lipinski definition) is 1. The van der Waals surface area contributed by atoms with Gasteiger partial charge in [-0.05, 0) is 44.2 Å². The molecule has 0 unspecified atom stereocenters. The molecule has 152 valence electrons. The van der Waals surface area contributed by atoms with Crippen molar-refractivity contribution in [3.8, 4) is 0 Å². The van der Waals surface area contributed by atoms with E-state index in [1.807, 2.05) is 31.2 Å². The molecule has 1 fully saturated rings. The van der Waals surface area contributed by atoms with Crippen LogP contribution < -0.4 is 10.2 Å². The largest absolute Gasteiger partial charge is 0.452 e. The van der Waals surface area contributed by atoms with Gasteiger partial charge in [-0.1, -0.05) is 29.3 Å². The predicted octanol–water partition coefficient (Wildman–Crippen LogP) is 3.71. The summed E-state index contributed by atoms with van der Waals surface area (Å²) in [4.78, 5) is 38.5. The summed E-state index contributed by atoms with van der Waals surface area (Å²) in [7, 11) is 0. The number of carbonyl (C=O) groups is 3. The Morgan fingerprint density at radius 2 is 1.93 bits per heavy atom. The summed E-state index contributed by atoms with van der Waals surface area (Å²) in [6, 6.07) is 11.2. The fourth-order valence-corrected chi connectivity index (χ4v) is 3.15. The number of ether oxygens (including phenoxy) is 1. The van der Waals surface area contributed by atoms with Gasteiger partial charge in [-0.2, -0.15) is 0 Å². The number of rotatable bonds is 5. The monoisotopic (exact) mass is 418 g/mol. The van der Waals surface area contributed by atoms with Crippen LogP contribution in [-0.2, 0) is 19.1 Å². The second-order valence-electron chi connectivity index (χ2n) is 6.93. The molecule has 0 aromatic heterocycles. The molecule has 1 aliphatic rings. The van der Waals surface area contributed by atoms with Crippen LogP contribution in [0.4, 0.5) is 15.8 Å². The average molecular weight is 419 g/mol. The molecule has 3 rings (SSSR count). The van der Waals surface area contributed by atoms with E-state index in [1.54, 1.807) is 0 Å². The van der Waals surface area contributed by atoms with E-state index in [9.17, 15) is 18.8 Å². The quantitative estimate of drug-likeness (QED) is 0.751. The molecule has 1 saturated heterocycles. The summed E-state index contributed by atoms with van der Waals surface area (Å²) < 4.78 is 19.0. The summed E-state index contributed by atoms with van der Waals surface area (Å²) in [5.41, 5.74) is 1.71. The highest BCUT2D eigenvalue weighted by Crippen LogP contribution is 2.26. The molecule has 8 heteroatoms. The number of nitrogens with one attached hydrogen (secondary N) is 1. The Kier molecular flexibility index (Phi) is 6.17. The Balaban J connectivity index is 1.58. The highest BCUT2D eigenvalue weighted by Gasteiger charge is 2.37. The first kappa shape index (κ1) is 20.8. The molecule has 2 aromatic rings. The Morgan fingerprint density at radius 3 is 2.59 bits per heavy atom. The molecule has 1 aliphatic heterocycles. The minimum atomic E-state index is -1.15. The molecule has 0 radical (unpaired) electrons. The van der Waals surface area contributed by atoms with E-state index in [2.05, 4.69) is 5.32 Å². The molecule has 2 aromatic carbocycles. The predicted molar refractivity (Wildman–Crippen MR) is 107 cm³/mol. The topological polar surface area (TPSA) is 75.7 Å². The average Bonchev–Trinajstić information content (AvgIpc) is 3.06. The summed E-state index contributed by atoms with van der Waals surface area (Å²) in [6.07, 6.45) is -1.14. The lowest BCUT2D eigenvalue weighted by Crippen LogP contribution is -2.33. The summed E-state index contributed by atoms with van der Waals surface area (Å²) in [5.74, 6) is -2.88. The third kappa shape index (κ3) is 4.92. The molecule has 0 bridgehead atoms. The number of hydrogen-bond acceptors (Lipinski definition) is 4. The molecule has 6 nitrogen and oxygen atoms in total. The zero-order valence-electron chi connectivity index (χ0n) is 15.9. The molecule has 29 heavy (non-hydrogen) atoms. The number of halogens is 2. The van der Waals surface area contributed by atoms with Gasteiger partial charge in [0.2, 0.25) is 5.91 Å². The minimum absolute atomic E-state index is 0.00681. The van der Waals surface area contributed by atoms with Gasteiger partial charge in [0, 0.05) is 23.7 Å². The van der Waals surface area contributed by atoms with Crippen LogP contribution in [0.2, 0.25) is 5.02 Å². The molecule has 2 amide bonds. The van der Waals surface area contributed by atoms with Gasteiger partial charge in [-0.3, -0.25) is 14.4 Å². The summed E-state index contributed by atoms with van der Waals surface area (Å²) >= 11 is 5.68. The van der Waals surface area contributed by atoms with Gasteiger partial charge in [0.25, 0.3) is 5.91 Å². The van der Waals surface area contributed by atoms with Crippen molar-refractivity contribution in [1.82, 2.24) is 0 Å². The number of amides is 2. The smallest absolute Gasteiger partial charge is 0.312 e. The van der Waals surface area contributed by atoms with Crippen molar-refractivity contribution in [1.29, 1.82) is 0 Å². The van der Waals surface area contributed by atoms with Crippen molar-refractivity contribution in [3.05, 3.63) is 58.9 Å². The normalized spacial score (nSPS) is 17.2. The van der Waals surface area contributed by atoms with Gasteiger partial charge < -0.3 is 15.0 Å². The first-order valence-corrected chi connectivity index (χ1v) is 9.46. The lowest BCUT2D eigenvalue weighted by Gasteiger charge is -2.18. The third-order valence-electron chi connectivity index (χ3n) is 4.66. The van der Waals surface area contributed by atoms with Crippen molar-refractivity contribution in [3.63, 3.8) is 0 Å². The van der Waals surface area contributed by atoms with Gasteiger partial charge in [0.1, 0.15) is 5.82 Å². The lowest BCUT2D eigenvalue weighted by atomic mass is 10.1. The summed E-state index contributed by atoms with van der Waals surface area (Å²) in [5, 5.41) is 2.55. The van der Waals surface area contributed by atoms with Crippen LogP contribution in [0.15, 0.2) is 42.5 Å². The van der Waals surface area contributed by atoms with Crippen molar-refractivity contribution in [2.75, 3.05) is 16.8 Å². The fraction of sp³-hybridized carbons (Fsp3) is 0.286. The molecule has 1 heterocycles. The molecular weight excluding hydrogens is 399 g/mol. The van der Waals surface area contributed by atoms with E-state index in [4.69, 9.17) is 16.3 Å². The highest BCUT2D eigenvalue weighted by molar-refractivity contribution is 6.30. The van der Waals surface area contributed by atoms with E-state index in [0.717, 1.165) is 11.6 Å². The van der Waals surface area contributed by atoms with Crippen molar-refractivity contribution < 1.29 is 23.5 Å². The van der Waals surface area contributed by atoms with Gasteiger partial charge in [-0.25, -0.2) is 4.39 Å². The maximum atomic E-state index is 13.8. The number of esters is 1. The Morgan fingerprint density at radius 1 is 1.24 bits per heavy atom. The van der Waals surface area contributed by atoms with E-state index in [1.165, 1.54) is 24.0 Å². The molecule has 2 atom stereocenters. The standard InChI is InChI=1S/C21H20ClFN2O4/c1-12-3-6-16(7-4-12)25-11-14(9-19(25)26)21(28)29-13(2)20(27)24-18-8-5-15(22)10-17(18)23/h3-8,10,13-14H,9,11H2,1-2H3,(H,24,27)/t13-,14+/m1/s1.